The molecule has 0 atom stereocenters. The normalized spacial score (nSPS) is 19.5. The highest BCUT2D eigenvalue weighted by atomic mass is 32.2. The van der Waals surface area contributed by atoms with Gasteiger partial charge < -0.3 is 5.32 Å². The topological polar surface area (TPSA) is 104 Å². The Bertz CT molecular complexity index is 826. The lowest BCUT2D eigenvalue weighted by Crippen LogP contribution is -2.40. The van der Waals surface area contributed by atoms with E-state index in [4.69, 9.17) is 0 Å². The molecule has 8 nitrogen and oxygen atoms in total. The lowest BCUT2D eigenvalue weighted by molar-refractivity contribution is -0.139. The molecule has 2 aliphatic rings. The number of rotatable bonds is 5. The number of carbonyl (C=O) groups is 3. The highest BCUT2D eigenvalue weighted by molar-refractivity contribution is 7.88. The first-order chi connectivity index (χ1) is 12.7. The molecule has 1 aromatic rings. The van der Waals surface area contributed by atoms with Crippen LogP contribution in [0.25, 0.3) is 0 Å². The van der Waals surface area contributed by atoms with Crippen molar-refractivity contribution in [3.63, 3.8) is 0 Å². The van der Waals surface area contributed by atoms with Gasteiger partial charge in [-0.25, -0.2) is 12.7 Å². The molecule has 146 valence electrons. The van der Waals surface area contributed by atoms with Crippen molar-refractivity contribution in [2.24, 2.45) is 5.92 Å². The van der Waals surface area contributed by atoms with Gasteiger partial charge in [0.05, 0.1) is 12.8 Å². The minimum atomic E-state index is -3.21. The molecule has 0 bridgehead atoms. The molecule has 2 saturated heterocycles. The zero-order valence-electron chi connectivity index (χ0n) is 15.2. The SMILES string of the molecule is CS(=O)(=O)N1CCC(C(=O)Nc2ccc(CN3C(=O)CCC3=O)cc2)CC1. The van der Waals surface area contributed by atoms with Gasteiger partial charge in [-0.1, -0.05) is 12.1 Å². The van der Waals surface area contributed by atoms with Crippen molar-refractivity contribution in [2.45, 2.75) is 32.2 Å². The van der Waals surface area contributed by atoms with Gasteiger partial charge >= 0.3 is 0 Å². The fourth-order valence-electron chi connectivity index (χ4n) is 3.37. The Morgan fingerprint density at radius 1 is 1.07 bits per heavy atom. The number of hydrogen-bond acceptors (Lipinski definition) is 5. The Morgan fingerprint density at radius 2 is 1.63 bits per heavy atom. The van der Waals surface area contributed by atoms with Crippen molar-refractivity contribution in [2.75, 3.05) is 24.7 Å². The van der Waals surface area contributed by atoms with Crippen LogP contribution in [0.4, 0.5) is 5.69 Å². The molecular weight excluding hydrogens is 370 g/mol. The summed E-state index contributed by atoms with van der Waals surface area (Å²) < 4.78 is 24.5. The van der Waals surface area contributed by atoms with E-state index < -0.39 is 10.0 Å². The molecule has 0 spiro atoms. The average molecular weight is 393 g/mol. The average Bonchev–Trinajstić information content (AvgIpc) is 2.94. The smallest absolute Gasteiger partial charge is 0.229 e. The Kier molecular flexibility index (Phi) is 5.61. The zero-order valence-corrected chi connectivity index (χ0v) is 16.0. The van der Waals surface area contributed by atoms with E-state index in [0.29, 0.717) is 31.6 Å². The lowest BCUT2D eigenvalue weighted by Gasteiger charge is -2.29. The number of imide groups is 1. The first-order valence-electron chi connectivity index (χ1n) is 8.92. The molecule has 2 heterocycles. The number of likely N-dealkylation sites (tertiary alicyclic amines) is 1. The van der Waals surface area contributed by atoms with E-state index in [1.807, 2.05) is 0 Å². The Labute approximate surface area is 158 Å². The summed E-state index contributed by atoms with van der Waals surface area (Å²) in [6.45, 7) is 0.956. The van der Waals surface area contributed by atoms with Crippen molar-refractivity contribution in [3.8, 4) is 0 Å². The Morgan fingerprint density at radius 3 is 2.15 bits per heavy atom. The summed E-state index contributed by atoms with van der Waals surface area (Å²) in [4.78, 5) is 37.0. The molecule has 0 saturated carbocycles. The van der Waals surface area contributed by atoms with Crippen LogP contribution in [0.15, 0.2) is 24.3 Å². The summed E-state index contributed by atoms with van der Waals surface area (Å²) in [6, 6.07) is 7.04. The van der Waals surface area contributed by atoms with E-state index in [2.05, 4.69) is 5.32 Å². The quantitative estimate of drug-likeness (QED) is 0.750. The molecule has 2 fully saturated rings. The van der Waals surface area contributed by atoms with Crippen LogP contribution in [0.1, 0.15) is 31.2 Å². The molecule has 1 N–H and O–H groups in total. The number of hydrogen-bond donors (Lipinski definition) is 1. The van der Waals surface area contributed by atoms with Gasteiger partial charge in [0.1, 0.15) is 0 Å². The van der Waals surface area contributed by atoms with Crippen LogP contribution in [0.3, 0.4) is 0 Å². The van der Waals surface area contributed by atoms with Crippen LogP contribution < -0.4 is 5.32 Å². The maximum Gasteiger partial charge on any atom is 0.229 e. The van der Waals surface area contributed by atoms with Gasteiger partial charge in [-0.15, -0.1) is 0 Å². The molecule has 9 heteroatoms. The fourth-order valence-corrected chi connectivity index (χ4v) is 4.24. The number of benzene rings is 1. The highest BCUT2D eigenvalue weighted by Gasteiger charge is 2.30. The summed E-state index contributed by atoms with van der Waals surface area (Å²) in [7, 11) is -3.21. The van der Waals surface area contributed by atoms with Crippen LogP contribution in [0.5, 0.6) is 0 Å². The van der Waals surface area contributed by atoms with Gasteiger partial charge in [0, 0.05) is 37.5 Å². The molecule has 3 amide bonds. The molecule has 3 rings (SSSR count). The number of sulfonamides is 1. The van der Waals surface area contributed by atoms with Gasteiger partial charge in [-0.2, -0.15) is 0 Å². The predicted molar refractivity (Wildman–Crippen MR) is 99.0 cm³/mol. The van der Waals surface area contributed by atoms with E-state index in [0.717, 1.165) is 5.56 Å². The molecular formula is C18H23N3O5S. The predicted octanol–water partition coefficient (Wildman–Crippen LogP) is 0.946. The second-order valence-electron chi connectivity index (χ2n) is 7.00. The van der Waals surface area contributed by atoms with Gasteiger partial charge in [-0.3, -0.25) is 19.3 Å². The van der Waals surface area contributed by atoms with Crippen LogP contribution in [-0.4, -0.2) is 54.7 Å². The molecule has 0 aliphatic carbocycles. The van der Waals surface area contributed by atoms with Gasteiger partial charge in [0.15, 0.2) is 0 Å². The summed E-state index contributed by atoms with van der Waals surface area (Å²) in [5.41, 5.74) is 1.45. The second kappa shape index (κ2) is 7.77. The van der Waals surface area contributed by atoms with Crippen molar-refractivity contribution in [1.82, 2.24) is 9.21 Å². The third-order valence-electron chi connectivity index (χ3n) is 5.01. The van der Waals surface area contributed by atoms with E-state index in [1.165, 1.54) is 15.5 Å². The van der Waals surface area contributed by atoms with Crippen molar-refractivity contribution < 1.29 is 22.8 Å². The third-order valence-corrected chi connectivity index (χ3v) is 6.31. The van der Waals surface area contributed by atoms with E-state index in [-0.39, 0.29) is 43.0 Å². The minimum absolute atomic E-state index is 0.124. The maximum atomic E-state index is 12.4. The van der Waals surface area contributed by atoms with Crippen molar-refractivity contribution in [1.29, 1.82) is 0 Å². The molecule has 0 radical (unpaired) electrons. The fraction of sp³-hybridized carbons (Fsp3) is 0.500. The van der Waals surface area contributed by atoms with Crippen LogP contribution in [-0.2, 0) is 31.0 Å². The lowest BCUT2D eigenvalue weighted by atomic mass is 9.97. The monoisotopic (exact) mass is 393 g/mol. The van der Waals surface area contributed by atoms with Crippen LogP contribution in [0, 0.1) is 5.92 Å². The minimum Gasteiger partial charge on any atom is -0.326 e. The first kappa shape index (κ1) is 19.5. The van der Waals surface area contributed by atoms with Gasteiger partial charge in [0.25, 0.3) is 0 Å². The van der Waals surface area contributed by atoms with Crippen LogP contribution >= 0.6 is 0 Å². The molecule has 1 aromatic carbocycles. The summed E-state index contributed by atoms with van der Waals surface area (Å²) in [5, 5.41) is 2.85. The highest BCUT2D eigenvalue weighted by Crippen LogP contribution is 2.22. The number of carbonyl (C=O) groups excluding carboxylic acids is 3. The third kappa shape index (κ3) is 4.72. The Balaban J connectivity index is 1.53. The van der Waals surface area contributed by atoms with E-state index in [1.54, 1.807) is 24.3 Å². The van der Waals surface area contributed by atoms with Crippen LogP contribution in [0.2, 0.25) is 0 Å². The standard InChI is InChI=1S/C18H23N3O5S/c1-27(25,26)20-10-8-14(9-11-20)18(24)19-15-4-2-13(3-5-15)12-21-16(22)6-7-17(21)23/h2-5,14H,6-12H2,1H3,(H,19,24). The number of amides is 3. The molecule has 0 unspecified atom stereocenters. The first-order valence-corrected chi connectivity index (χ1v) is 10.8. The van der Waals surface area contributed by atoms with E-state index in [9.17, 15) is 22.8 Å². The number of nitrogens with one attached hydrogen (secondary N) is 1. The Hall–Kier alpha value is -2.26. The zero-order chi connectivity index (χ0) is 19.6. The van der Waals surface area contributed by atoms with Crippen molar-refractivity contribution in [3.05, 3.63) is 29.8 Å². The number of piperidine rings is 1. The summed E-state index contributed by atoms with van der Waals surface area (Å²) in [6.07, 6.45) is 2.71. The maximum absolute atomic E-state index is 12.4. The number of anilines is 1. The summed E-state index contributed by atoms with van der Waals surface area (Å²) in [5.74, 6) is -0.654. The van der Waals surface area contributed by atoms with Gasteiger partial charge in [-0.05, 0) is 30.5 Å². The molecule has 2 aliphatic heterocycles. The van der Waals surface area contributed by atoms with Crippen molar-refractivity contribution >= 4 is 33.4 Å². The number of nitrogens with zero attached hydrogens (tertiary/aromatic N) is 2. The van der Waals surface area contributed by atoms with Gasteiger partial charge in [0.2, 0.25) is 27.7 Å². The molecule has 0 aromatic heterocycles. The molecule has 27 heavy (non-hydrogen) atoms. The summed E-state index contributed by atoms with van der Waals surface area (Å²) >= 11 is 0. The second-order valence-corrected chi connectivity index (χ2v) is 8.98. The van der Waals surface area contributed by atoms with E-state index >= 15 is 0 Å². The largest absolute Gasteiger partial charge is 0.326 e.